The van der Waals surface area contributed by atoms with Gasteiger partial charge in [-0.3, -0.25) is 0 Å². The van der Waals surface area contributed by atoms with E-state index in [2.05, 4.69) is 17.6 Å². The maximum absolute atomic E-state index is 11.4. The number of hydrogen-bond acceptors (Lipinski definition) is 2. The minimum absolute atomic E-state index is 0.0221. The molecule has 2 atom stereocenters. The Balaban J connectivity index is 2.10. The number of amides is 2. The van der Waals surface area contributed by atoms with Gasteiger partial charge < -0.3 is 16.4 Å². The Hall–Kier alpha value is -0.770. The zero-order valence-corrected chi connectivity index (χ0v) is 9.59. The van der Waals surface area contributed by atoms with E-state index in [-0.39, 0.29) is 6.03 Å². The molecule has 88 valence electrons. The van der Waals surface area contributed by atoms with E-state index in [1.807, 2.05) is 0 Å². The van der Waals surface area contributed by atoms with Crippen molar-refractivity contribution in [3.8, 4) is 0 Å². The Labute approximate surface area is 92.0 Å². The Morgan fingerprint density at radius 3 is 2.87 bits per heavy atom. The molecule has 0 saturated heterocycles. The van der Waals surface area contributed by atoms with E-state index in [1.54, 1.807) is 0 Å². The first kappa shape index (κ1) is 12.3. The van der Waals surface area contributed by atoms with E-state index in [0.717, 1.165) is 45.2 Å². The van der Waals surface area contributed by atoms with E-state index >= 15 is 0 Å². The van der Waals surface area contributed by atoms with Crippen molar-refractivity contribution >= 4 is 6.03 Å². The molecule has 2 amide bonds. The van der Waals surface area contributed by atoms with Gasteiger partial charge in [0.05, 0.1) is 0 Å². The van der Waals surface area contributed by atoms with Crippen molar-refractivity contribution in [3.63, 3.8) is 0 Å². The van der Waals surface area contributed by atoms with Crippen molar-refractivity contribution in [2.75, 3.05) is 13.1 Å². The maximum atomic E-state index is 11.4. The molecule has 4 heteroatoms. The highest BCUT2D eigenvalue weighted by Gasteiger charge is 2.24. The molecule has 1 fully saturated rings. The summed E-state index contributed by atoms with van der Waals surface area (Å²) in [6, 6.07) is 0.311. The van der Waals surface area contributed by atoms with Crippen molar-refractivity contribution in [2.24, 2.45) is 11.7 Å². The molecular weight excluding hydrogens is 190 g/mol. The molecule has 0 spiro atoms. The quantitative estimate of drug-likeness (QED) is 0.601. The van der Waals surface area contributed by atoms with Gasteiger partial charge in [-0.15, -0.1) is 0 Å². The van der Waals surface area contributed by atoms with Crippen LogP contribution in [0.2, 0.25) is 0 Å². The molecule has 1 rings (SSSR count). The van der Waals surface area contributed by atoms with Crippen LogP contribution in [0.1, 0.15) is 39.0 Å². The molecule has 0 heterocycles. The summed E-state index contributed by atoms with van der Waals surface area (Å²) < 4.78 is 0. The predicted octanol–water partition coefficient (Wildman–Crippen LogP) is 1.21. The van der Waals surface area contributed by atoms with Crippen LogP contribution in [0.15, 0.2) is 0 Å². The van der Waals surface area contributed by atoms with Gasteiger partial charge in [0, 0.05) is 12.6 Å². The summed E-state index contributed by atoms with van der Waals surface area (Å²) >= 11 is 0. The highest BCUT2D eigenvalue weighted by atomic mass is 16.2. The van der Waals surface area contributed by atoms with Crippen molar-refractivity contribution in [1.29, 1.82) is 0 Å². The van der Waals surface area contributed by atoms with Crippen LogP contribution in [0.4, 0.5) is 4.79 Å². The van der Waals surface area contributed by atoms with Gasteiger partial charge in [0.15, 0.2) is 0 Å². The molecular formula is C11H23N3O. The van der Waals surface area contributed by atoms with Crippen molar-refractivity contribution in [1.82, 2.24) is 10.6 Å². The average Bonchev–Trinajstić information content (AvgIpc) is 2.66. The number of rotatable bonds is 5. The van der Waals surface area contributed by atoms with E-state index in [9.17, 15) is 4.79 Å². The fourth-order valence-corrected chi connectivity index (χ4v) is 2.04. The third kappa shape index (κ3) is 4.51. The Morgan fingerprint density at radius 1 is 1.47 bits per heavy atom. The van der Waals surface area contributed by atoms with Gasteiger partial charge in [-0.05, 0) is 38.1 Å². The van der Waals surface area contributed by atoms with Gasteiger partial charge in [0.1, 0.15) is 0 Å². The lowest BCUT2D eigenvalue weighted by Gasteiger charge is -2.13. The Kier molecular flexibility index (Phi) is 5.47. The summed E-state index contributed by atoms with van der Waals surface area (Å²) in [5.41, 5.74) is 5.60. The van der Waals surface area contributed by atoms with Gasteiger partial charge in [-0.1, -0.05) is 13.3 Å². The summed E-state index contributed by atoms with van der Waals surface area (Å²) in [7, 11) is 0. The van der Waals surface area contributed by atoms with Crippen LogP contribution in [-0.2, 0) is 0 Å². The van der Waals surface area contributed by atoms with Gasteiger partial charge in [0.2, 0.25) is 0 Å². The number of carbonyl (C=O) groups is 1. The first-order chi connectivity index (χ1) is 7.26. The normalized spacial score (nSPS) is 25.2. The predicted molar refractivity (Wildman–Crippen MR) is 61.6 cm³/mol. The molecule has 1 saturated carbocycles. The lowest BCUT2D eigenvalue weighted by Crippen LogP contribution is -2.41. The maximum Gasteiger partial charge on any atom is 0.315 e. The van der Waals surface area contributed by atoms with Crippen molar-refractivity contribution < 1.29 is 4.79 Å². The molecule has 0 bridgehead atoms. The zero-order chi connectivity index (χ0) is 11.1. The Morgan fingerprint density at radius 2 is 2.27 bits per heavy atom. The van der Waals surface area contributed by atoms with Crippen LogP contribution < -0.4 is 16.4 Å². The smallest absolute Gasteiger partial charge is 0.315 e. The van der Waals surface area contributed by atoms with Crippen LogP contribution in [0, 0.1) is 5.92 Å². The highest BCUT2D eigenvalue weighted by Crippen LogP contribution is 2.24. The lowest BCUT2D eigenvalue weighted by atomic mass is 10.1. The topological polar surface area (TPSA) is 67.2 Å². The number of hydrogen-bond donors (Lipinski definition) is 3. The molecule has 2 unspecified atom stereocenters. The molecule has 15 heavy (non-hydrogen) atoms. The molecule has 0 aromatic carbocycles. The summed E-state index contributed by atoms with van der Waals surface area (Å²) in [5, 5.41) is 5.86. The second-order valence-corrected chi connectivity index (χ2v) is 4.37. The first-order valence-corrected chi connectivity index (χ1v) is 6.00. The Bertz CT molecular complexity index is 196. The number of nitrogens with two attached hydrogens (primary N) is 1. The minimum Gasteiger partial charge on any atom is -0.338 e. The number of nitrogens with one attached hydrogen (secondary N) is 2. The molecule has 0 radical (unpaired) electrons. The van der Waals surface area contributed by atoms with Gasteiger partial charge in [0.25, 0.3) is 0 Å². The van der Waals surface area contributed by atoms with E-state index in [1.165, 1.54) is 0 Å². The fraction of sp³-hybridized carbons (Fsp3) is 0.909. The second-order valence-electron chi connectivity index (χ2n) is 4.37. The fourth-order valence-electron chi connectivity index (χ4n) is 2.04. The molecule has 0 aromatic heterocycles. The van der Waals surface area contributed by atoms with Gasteiger partial charge >= 0.3 is 6.03 Å². The van der Waals surface area contributed by atoms with Crippen LogP contribution in [0.5, 0.6) is 0 Å². The monoisotopic (exact) mass is 213 g/mol. The van der Waals surface area contributed by atoms with Crippen LogP contribution >= 0.6 is 0 Å². The summed E-state index contributed by atoms with van der Waals surface area (Å²) in [5.74, 6) is 0.603. The van der Waals surface area contributed by atoms with Crippen molar-refractivity contribution in [2.45, 2.75) is 45.1 Å². The SMILES string of the molecule is CCCCNC(=O)NC1CCC(CN)C1. The molecule has 0 aliphatic heterocycles. The standard InChI is InChI=1S/C11H23N3O/c1-2-3-6-13-11(15)14-10-5-4-9(7-10)8-12/h9-10H,2-8,12H2,1H3,(H2,13,14,15). The molecule has 4 N–H and O–H groups in total. The molecule has 1 aliphatic carbocycles. The lowest BCUT2D eigenvalue weighted by molar-refractivity contribution is 0.236. The first-order valence-electron chi connectivity index (χ1n) is 6.00. The van der Waals surface area contributed by atoms with Crippen molar-refractivity contribution in [3.05, 3.63) is 0 Å². The average molecular weight is 213 g/mol. The van der Waals surface area contributed by atoms with Gasteiger partial charge in [-0.25, -0.2) is 4.79 Å². The number of unbranched alkanes of at least 4 members (excludes halogenated alkanes) is 1. The number of urea groups is 1. The molecule has 0 aromatic rings. The number of carbonyl (C=O) groups excluding carboxylic acids is 1. The van der Waals surface area contributed by atoms with Crippen LogP contribution in [-0.4, -0.2) is 25.2 Å². The van der Waals surface area contributed by atoms with E-state index < -0.39 is 0 Å². The van der Waals surface area contributed by atoms with Crippen LogP contribution in [0.3, 0.4) is 0 Å². The summed E-state index contributed by atoms with van der Waals surface area (Å²) in [6.07, 6.45) is 5.42. The van der Waals surface area contributed by atoms with Crippen LogP contribution in [0.25, 0.3) is 0 Å². The summed E-state index contributed by atoms with van der Waals surface area (Å²) in [6.45, 7) is 3.63. The second kappa shape index (κ2) is 6.67. The van der Waals surface area contributed by atoms with E-state index in [4.69, 9.17) is 5.73 Å². The largest absolute Gasteiger partial charge is 0.338 e. The highest BCUT2D eigenvalue weighted by molar-refractivity contribution is 5.74. The third-order valence-corrected chi connectivity index (χ3v) is 3.03. The molecule has 4 nitrogen and oxygen atoms in total. The summed E-state index contributed by atoms with van der Waals surface area (Å²) in [4.78, 5) is 11.4. The third-order valence-electron chi connectivity index (χ3n) is 3.03. The van der Waals surface area contributed by atoms with E-state index in [0.29, 0.717) is 12.0 Å². The molecule has 1 aliphatic rings. The van der Waals surface area contributed by atoms with Gasteiger partial charge in [-0.2, -0.15) is 0 Å². The minimum atomic E-state index is -0.0221. The zero-order valence-electron chi connectivity index (χ0n) is 9.59.